The maximum Gasteiger partial charge on any atom is 0.338 e. The first-order valence-corrected chi connectivity index (χ1v) is 8.73. The van der Waals surface area contributed by atoms with E-state index < -0.39 is 37.8 Å². The Kier molecular flexibility index (Phi) is 5.30. The summed E-state index contributed by atoms with van der Waals surface area (Å²) < 4.78 is 4.71. The molecule has 0 atom stereocenters. The predicted octanol–water partition coefficient (Wildman–Crippen LogP) is 3.02. The van der Waals surface area contributed by atoms with E-state index in [1.807, 2.05) is 6.07 Å². The molecule has 0 saturated carbocycles. The lowest BCUT2D eigenvalue weighted by molar-refractivity contribution is -0.393. The standard InChI is InChI=1S/C19H13N5O8/c1-21(2)15(8-20)16-11-4-9(22(26)27)6-13(19(25)32-3)17(11)18-12(16)5-10(23(28)29)7-14(18)24(30)31/h4-7H,1-3H3/b16-15-. The fourth-order valence-electron chi connectivity index (χ4n) is 3.57. The maximum atomic E-state index is 12.5. The van der Waals surface area contributed by atoms with Gasteiger partial charge in [-0.15, -0.1) is 0 Å². The number of nitriles is 1. The summed E-state index contributed by atoms with van der Waals surface area (Å²) in [4.78, 5) is 46.1. The van der Waals surface area contributed by atoms with Crippen LogP contribution in [0.3, 0.4) is 0 Å². The molecule has 0 aliphatic heterocycles. The highest BCUT2D eigenvalue weighted by molar-refractivity contribution is 6.13. The molecule has 0 amide bonds. The molecular formula is C19H13N5O8. The zero-order chi connectivity index (χ0) is 23.9. The number of fused-ring (bicyclic) bond motifs is 3. The molecule has 0 saturated heterocycles. The van der Waals surface area contributed by atoms with Gasteiger partial charge >= 0.3 is 5.97 Å². The van der Waals surface area contributed by atoms with Gasteiger partial charge in [-0.05, 0) is 0 Å². The molecule has 0 bridgehead atoms. The van der Waals surface area contributed by atoms with Crippen LogP contribution >= 0.6 is 0 Å². The smallest absolute Gasteiger partial charge is 0.338 e. The number of methoxy groups -OCH3 is 1. The Morgan fingerprint density at radius 1 is 0.938 bits per heavy atom. The number of nitro benzene ring substituents is 3. The summed E-state index contributed by atoms with van der Waals surface area (Å²) in [5.74, 6) is -1.01. The number of non-ortho nitro benzene ring substituents is 2. The lowest BCUT2D eigenvalue weighted by Crippen LogP contribution is -2.12. The molecule has 3 rings (SSSR count). The normalized spacial score (nSPS) is 12.8. The number of hydrogen-bond acceptors (Lipinski definition) is 10. The van der Waals surface area contributed by atoms with Gasteiger partial charge < -0.3 is 9.64 Å². The second-order valence-electron chi connectivity index (χ2n) is 6.80. The Labute approximate surface area is 179 Å². The number of nitrogens with zero attached hydrogens (tertiary/aromatic N) is 5. The van der Waals surface area contributed by atoms with Gasteiger partial charge in [0, 0.05) is 54.6 Å². The molecular weight excluding hydrogens is 426 g/mol. The van der Waals surface area contributed by atoms with Gasteiger partial charge in [0.2, 0.25) is 0 Å². The summed E-state index contributed by atoms with van der Waals surface area (Å²) in [6.45, 7) is 0. The molecule has 0 radical (unpaired) electrons. The second-order valence-corrected chi connectivity index (χ2v) is 6.80. The van der Waals surface area contributed by atoms with Gasteiger partial charge in [0.15, 0.2) is 0 Å². The minimum Gasteiger partial charge on any atom is -0.465 e. The van der Waals surface area contributed by atoms with Crippen molar-refractivity contribution in [2.24, 2.45) is 0 Å². The lowest BCUT2D eigenvalue weighted by atomic mass is 9.96. The van der Waals surface area contributed by atoms with E-state index in [-0.39, 0.29) is 39.1 Å². The number of carbonyl (C=O) groups is 1. The first-order chi connectivity index (χ1) is 15.0. The van der Waals surface area contributed by atoms with Crippen LogP contribution in [0, 0.1) is 41.7 Å². The highest BCUT2D eigenvalue weighted by Crippen LogP contribution is 2.53. The van der Waals surface area contributed by atoms with Crippen LogP contribution in [0.2, 0.25) is 0 Å². The van der Waals surface area contributed by atoms with E-state index in [0.29, 0.717) is 0 Å². The molecule has 13 nitrogen and oxygen atoms in total. The SMILES string of the molecule is COC(=O)c1cc([N+](=O)[O-])cc2c1-c1c(cc([N+](=O)[O-])cc1[N+](=O)[O-])/C2=C(/C#N)N(C)C. The summed E-state index contributed by atoms with van der Waals surface area (Å²) in [5, 5.41) is 44.5. The van der Waals surface area contributed by atoms with Crippen molar-refractivity contribution in [3.8, 4) is 17.2 Å². The fraction of sp³-hybridized carbons (Fsp3) is 0.158. The number of benzene rings is 2. The number of rotatable bonds is 5. The average molecular weight is 439 g/mol. The van der Waals surface area contributed by atoms with E-state index in [4.69, 9.17) is 4.74 Å². The van der Waals surface area contributed by atoms with E-state index in [2.05, 4.69) is 0 Å². The minimum absolute atomic E-state index is 0.0110. The molecule has 0 unspecified atom stereocenters. The van der Waals surface area contributed by atoms with Crippen LogP contribution in [0.4, 0.5) is 17.1 Å². The zero-order valence-corrected chi connectivity index (χ0v) is 16.8. The van der Waals surface area contributed by atoms with Crippen molar-refractivity contribution in [2.75, 3.05) is 21.2 Å². The van der Waals surface area contributed by atoms with Crippen molar-refractivity contribution in [1.82, 2.24) is 4.90 Å². The van der Waals surface area contributed by atoms with Crippen molar-refractivity contribution >= 4 is 28.6 Å². The van der Waals surface area contributed by atoms with Gasteiger partial charge in [0.25, 0.3) is 17.1 Å². The van der Waals surface area contributed by atoms with Crippen molar-refractivity contribution in [1.29, 1.82) is 5.26 Å². The van der Waals surface area contributed by atoms with Gasteiger partial charge in [-0.25, -0.2) is 4.79 Å². The van der Waals surface area contributed by atoms with E-state index in [1.165, 1.54) is 19.0 Å². The number of hydrogen-bond donors (Lipinski definition) is 0. The Hall–Kier alpha value is -4.86. The van der Waals surface area contributed by atoms with Crippen LogP contribution in [0.5, 0.6) is 0 Å². The van der Waals surface area contributed by atoms with Crippen LogP contribution < -0.4 is 0 Å². The van der Waals surface area contributed by atoms with Crippen LogP contribution in [-0.4, -0.2) is 46.8 Å². The van der Waals surface area contributed by atoms with Crippen molar-refractivity contribution < 1.29 is 24.3 Å². The van der Waals surface area contributed by atoms with Gasteiger partial charge in [-0.1, -0.05) is 0 Å². The number of nitro groups is 3. The Morgan fingerprint density at radius 2 is 1.47 bits per heavy atom. The summed E-state index contributed by atoms with van der Waals surface area (Å²) in [7, 11) is 4.02. The fourth-order valence-corrected chi connectivity index (χ4v) is 3.57. The molecule has 32 heavy (non-hydrogen) atoms. The number of carbonyl (C=O) groups excluding carboxylic acids is 1. The number of esters is 1. The molecule has 0 N–H and O–H groups in total. The van der Waals surface area contributed by atoms with E-state index >= 15 is 0 Å². The highest BCUT2D eigenvalue weighted by Gasteiger charge is 2.40. The lowest BCUT2D eigenvalue weighted by Gasteiger charge is -2.15. The maximum absolute atomic E-state index is 12.5. The number of ether oxygens (including phenoxy) is 1. The second kappa shape index (κ2) is 7.76. The van der Waals surface area contributed by atoms with Crippen LogP contribution in [0.25, 0.3) is 16.7 Å². The molecule has 13 heteroatoms. The molecule has 1 aliphatic carbocycles. The third-order valence-corrected chi connectivity index (χ3v) is 4.83. The van der Waals surface area contributed by atoms with E-state index in [1.54, 1.807) is 0 Å². The topological polar surface area (TPSA) is 183 Å². The molecule has 0 fully saturated rings. The van der Waals surface area contributed by atoms with Crippen LogP contribution in [-0.2, 0) is 4.74 Å². The Bertz CT molecular complexity index is 1310. The Balaban J connectivity index is 2.67. The molecule has 0 aromatic heterocycles. The van der Waals surface area contributed by atoms with Gasteiger partial charge in [0.1, 0.15) is 11.8 Å². The molecule has 0 spiro atoms. The summed E-state index contributed by atoms with van der Waals surface area (Å²) in [6.07, 6.45) is 0. The first kappa shape index (κ1) is 21.8. The summed E-state index contributed by atoms with van der Waals surface area (Å²) in [6, 6.07) is 5.65. The van der Waals surface area contributed by atoms with Crippen molar-refractivity contribution in [2.45, 2.75) is 0 Å². The van der Waals surface area contributed by atoms with Crippen molar-refractivity contribution in [3.05, 3.63) is 77.0 Å². The van der Waals surface area contributed by atoms with E-state index in [9.17, 15) is 40.4 Å². The van der Waals surface area contributed by atoms with Crippen molar-refractivity contribution in [3.63, 3.8) is 0 Å². The first-order valence-electron chi connectivity index (χ1n) is 8.73. The minimum atomic E-state index is -1.01. The zero-order valence-electron chi connectivity index (χ0n) is 16.8. The van der Waals surface area contributed by atoms with E-state index in [0.717, 1.165) is 31.4 Å². The van der Waals surface area contributed by atoms with Crippen LogP contribution in [0.1, 0.15) is 21.5 Å². The molecule has 0 heterocycles. The Morgan fingerprint density at radius 3 is 1.91 bits per heavy atom. The van der Waals surface area contributed by atoms with Crippen LogP contribution in [0.15, 0.2) is 30.0 Å². The monoisotopic (exact) mass is 439 g/mol. The average Bonchev–Trinajstić information content (AvgIpc) is 3.06. The third kappa shape index (κ3) is 3.25. The van der Waals surface area contributed by atoms with Gasteiger partial charge in [-0.3, -0.25) is 30.3 Å². The predicted molar refractivity (Wildman–Crippen MR) is 109 cm³/mol. The third-order valence-electron chi connectivity index (χ3n) is 4.83. The van der Waals surface area contributed by atoms with Gasteiger partial charge in [0.05, 0.1) is 39.1 Å². The molecule has 2 aromatic rings. The quantitative estimate of drug-likeness (QED) is 0.248. The summed E-state index contributed by atoms with van der Waals surface area (Å²) >= 11 is 0. The number of allylic oxidation sites excluding steroid dienone is 1. The van der Waals surface area contributed by atoms with Gasteiger partial charge in [-0.2, -0.15) is 5.26 Å². The molecule has 1 aliphatic rings. The largest absolute Gasteiger partial charge is 0.465 e. The molecule has 2 aromatic carbocycles. The molecule has 162 valence electrons. The summed E-state index contributed by atoms with van der Waals surface area (Å²) in [5.41, 5.74) is -2.62. The highest BCUT2D eigenvalue weighted by atomic mass is 16.6.